The molecule has 0 aromatic heterocycles. The summed E-state index contributed by atoms with van der Waals surface area (Å²) in [5.41, 5.74) is 1.63. The molecule has 1 aromatic rings. The number of carbonyl (C=O) groups is 1. The highest BCUT2D eigenvalue weighted by molar-refractivity contribution is 9.09. The number of alkyl halides is 1. The Morgan fingerprint density at radius 1 is 1.54 bits per heavy atom. The van der Waals surface area contributed by atoms with Crippen molar-refractivity contribution < 1.29 is 4.79 Å². The zero-order valence-electron chi connectivity index (χ0n) is 7.31. The lowest BCUT2D eigenvalue weighted by Crippen LogP contribution is -2.02. The summed E-state index contributed by atoms with van der Waals surface area (Å²) in [5.74, 6) is 0.0281. The van der Waals surface area contributed by atoms with E-state index in [4.69, 9.17) is 11.6 Å². The van der Waals surface area contributed by atoms with Crippen molar-refractivity contribution in [3.8, 4) is 0 Å². The first kappa shape index (κ1) is 10.7. The fourth-order valence-electron chi connectivity index (χ4n) is 1.14. The van der Waals surface area contributed by atoms with Crippen LogP contribution in [0.3, 0.4) is 0 Å². The zero-order chi connectivity index (χ0) is 9.84. The Morgan fingerprint density at radius 2 is 2.23 bits per heavy atom. The minimum absolute atomic E-state index is 0.0281. The van der Waals surface area contributed by atoms with Gasteiger partial charge in [0.2, 0.25) is 0 Å². The average Bonchev–Trinajstić information content (AvgIpc) is 2.17. The van der Waals surface area contributed by atoms with Crippen LogP contribution in [0.25, 0.3) is 0 Å². The van der Waals surface area contributed by atoms with Crippen LogP contribution in [0.1, 0.15) is 22.8 Å². The quantitative estimate of drug-likeness (QED) is 0.601. The van der Waals surface area contributed by atoms with Crippen molar-refractivity contribution in [2.45, 2.75) is 13.3 Å². The third-order valence-corrected chi connectivity index (χ3v) is 2.84. The summed E-state index contributed by atoms with van der Waals surface area (Å²) in [6, 6.07) is 5.55. The Kier molecular flexibility index (Phi) is 3.94. The minimum atomic E-state index is 0.0281. The van der Waals surface area contributed by atoms with Crippen molar-refractivity contribution in [3.63, 3.8) is 0 Å². The molecule has 0 radical (unpaired) electrons. The van der Waals surface area contributed by atoms with Crippen molar-refractivity contribution >= 4 is 33.3 Å². The van der Waals surface area contributed by atoms with Crippen LogP contribution < -0.4 is 0 Å². The van der Waals surface area contributed by atoms with Crippen LogP contribution in [-0.2, 0) is 6.42 Å². The number of rotatable bonds is 3. The number of Topliss-reactive ketones (excluding diaryl/α,β-unsaturated/α-hetero) is 1. The van der Waals surface area contributed by atoms with Crippen molar-refractivity contribution in [2.24, 2.45) is 0 Å². The third-order valence-electron chi connectivity index (χ3n) is 1.88. The second-order valence-electron chi connectivity index (χ2n) is 2.69. The van der Waals surface area contributed by atoms with E-state index in [2.05, 4.69) is 15.9 Å². The van der Waals surface area contributed by atoms with Crippen LogP contribution in [0.5, 0.6) is 0 Å². The summed E-state index contributed by atoms with van der Waals surface area (Å²) in [4.78, 5) is 11.4. The first-order chi connectivity index (χ1) is 6.20. The number of hydrogen-bond acceptors (Lipinski definition) is 1. The maximum Gasteiger partial charge on any atom is 0.174 e. The summed E-state index contributed by atoms with van der Waals surface area (Å²) >= 11 is 9.16. The van der Waals surface area contributed by atoms with Crippen LogP contribution in [0.2, 0.25) is 5.02 Å². The van der Waals surface area contributed by atoms with Gasteiger partial charge in [0.1, 0.15) is 0 Å². The molecule has 0 fully saturated rings. The fourth-order valence-corrected chi connectivity index (χ4v) is 1.81. The summed E-state index contributed by atoms with van der Waals surface area (Å²) in [7, 11) is 0. The van der Waals surface area contributed by atoms with Crippen molar-refractivity contribution in [3.05, 3.63) is 34.3 Å². The first-order valence-corrected chi connectivity index (χ1v) is 5.57. The molecule has 0 bridgehead atoms. The molecule has 1 rings (SSSR count). The summed E-state index contributed by atoms with van der Waals surface area (Å²) < 4.78 is 0. The predicted octanol–water partition coefficient (Wildman–Crippen LogP) is 3.48. The molecule has 0 N–H and O–H groups in total. The molecule has 0 spiro atoms. The van der Waals surface area contributed by atoms with Gasteiger partial charge in [0.15, 0.2) is 5.78 Å². The molecule has 0 aliphatic rings. The average molecular weight is 262 g/mol. The van der Waals surface area contributed by atoms with Gasteiger partial charge in [0.25, 0.3) is 0 Å². The molecule has 1 nitrogen and oxygen atoms in total. The molecule has 0 heterocycles. The lowest BCUT2D eigenvalue weighted by Gasteiger charge is -2.05. The van der Waals surface area contributed by atoms with Gasteiger partial charge in [0, 0.05) is 5.56 Å². The number of ketones is 1. The Morgan fingerprint density at radius 3 is 2.77 bits per heavy atom. The van der Waals surface area contributed by atoms with Gasteiger partial charge < -0.3 is 0 Å². The van der Waals surface area contributed by atoms with Gasteiger partial charge in [-0.15, -0.1) is 0 Å². The molecule has 0 aliphatic heterocycles. The highest BCUT2D eigenvalue weighted by atomic mass is 79.9. The Bertz CT molecular complexity index is 323. The van der Waals surface area contributed by atoms with E-state index < -0.39 is 0 Å². The fraction of sp³-hybridized carbons (Fsp3) is 0.300. The molecular formula is C10H10BrClO. The highest BCUT2D eigenvalue weighted by Crippen LogP contribution is 2.22. The predicted molar refractivity (Wildman–Crippen MR) is 59.0 cm³/mol. The van der Waals surface area contributed by atoms with Crippen LogP contribution in [0.15, 0.2) is 18.2 Å². The number of benzene rings is 1. The third kappa shape index (κ3) is 2.32. The maximum absolute atomic E-state index is 11.4. The normalized spacial score (nSPS) is 10.1. The summed E-state index contributed by atoms with van der Waals surface area (Å²) in [6.07, 6.45) is 0.849. The molecular weight excluding hydrogens is 251 g/mol. The standard InChI is InChI=1S/C10H10BrClO/c1-2-7-4-3-5-8(10(7)12)9(13)6-11/h3-5H,2,6H2,1H3. The topological polar surface area (TPSA) is 17.1 Å². The number of carbonyl (C=O) groups excluding carboxylic acids is 1. The van der Waals surface area contributed by atoms with Crippen LogP contribution >= 0.6 is 27.5 Å². The maximum atomic E-state index is 11.4. The number of halogens is 2. The molecule has 0 unspecified atom stereocenters. The Balaban J connectivity index is 3.15. The van der Waals surface area contributed by atoms with Gasteiger partial charge in [-0.1, -0.05) is 46.6 Å². The van der Waals surface area contributed by atoms with E-state index in [0.717, 1.165) is 12.0 Å². The highest BCUT2D eigenvalue weighted by Gasteiger charge is 2.10. The van der Waals surface area contributed by atoms with E-state index in [1.807, 2.05) is 19.1 Å². The minimum Gasteiger partial charge on any atom is -0.293 e. The van der Waals surface area contributed by atoms with Gasteiger partial charge in [0.05, 0.1) is 10.4 Å². The molecule has 70 valence electrons. The van der Waals surface area contributed by atoms with E-state index in [-0.39, 0.29) is 5.78 Å². The van der Waals surface area contributed by atoms with Gasteiger partial charge in [-0.25, -0.2) is 0 Å². The number of hydrogen-bond donors (Lipinski definition) is 0. The van der Waals surface area contributed by atoms with E-state index in [1.165, 1.54) is 0 Å². The van der Waals surface area contributed by atoms with Crippen molar-refractivity contribution in [1.29, 1.82) is 0 Å². The molecule has 0 saturated heterocycles. The van der Waals surface area contributed by atoms with Crippen LogP contribution in [0.4, 0.5) is 0 Å². The van der Waals surface area contributed by atoms with Gasteiger partial charge in [-0.3, -0.25) is 4.79 Å². The molecule has 1 aromatic carbocycles. The molecule has 0 aliphatic carbocycles. The molecule has 0 saturated carbocycles. The molecule has 0 atom stereocenters. The van der Waals surface area contributed by atoms with Gasteiger partial charge >= 0.3 is 0 Å². The van der Waals surface area contributed by atoms with Crippen molar-refractivity contribution in [2.75, 3.05) is 5.33 Å². The molecule has 13 heavy (non-hydrogen) atoms. The SMILES string of the molecule is CCc1cccc(C(=O)CBr)c1Cl. The van der Waals surface area contributed by atoms with E-state index in [0.29, 0.717) is 15.9 Å². The first-order valence-electron chi connectivity index (χ1n) is 4.07. The Labute approximate surface area is 91.2 Å². The smallest absolute Gasteiger partial charge is 0.174 e. The van der Waals surface area contributed by atoms with E-state index in [9.17, 15) is 4.79 Å². The van der Waals surface area contributed by atoms with Crippen LogP contribution in [-0.4, -0.2) is 11.1 Å². The Hall–Kier alpha value is -0.340. The molecule has 3 heteroatoms. The van der Waals surface area contributed by atoms with Gasteiger partial charge in [-0.2, -0.15) is 0 Å². The lowest BCUT2D eigenvalue weighted by atomic mass is 10.1. The summed E-state index contributed by atoms with van der Waals surface area (Å²) in [5, 5.41) is 0.911. The van der Waals surface area contributed by atoms with Crippen molar-refractivity contribution in [1.82, 2.24) is 0 Å². The van der Waals surface area contributed by atoms with Gasteiger partial charge in [-0.05, 0) is 18.1 Å². The lowest BCUT2D eigenvalue weighted by molar-refractivity contribution is 0.102. The second kappa shape index (κ2) is 4.77. The van der Waals surface area contributed by atoms with Crippen LogP contribution in [0, 0.1) is 0 Å². The number of aryl methyl sites for hydroxylation is 1. The van der Waals surface area contributed by atoms with E-state index >= 15 is 0 Å². The zero-order valence-corrected chi connectivity index (χ0v) is 9.65. The molecule has 0 amide bonds. The summed E-state index contributed by atoms with van der Waals surface area (Å²) in [6.45, 7) is 2.02. The largest absolute Gasteiger partial charge is 0.293 e. The van der Waals surface area contributed by atoms with E-state index in [1.54, 1.807) is 6.07 Å². The monoisotopic (exact) mass is 260 g/mol. The second-order valence-corrected chi connectivity index (χ2v) is 3.63.